The van der Waals surface area contributed by atoms with Gasteiger partial charge >= 0.3 is 12.2 Å². The number of nitrogens with zero attached hydrogens (tertiary/aromatic N) is 1. The number of hydrogen-bond acceptors (Lipinski definition) is 2. The summed E-state index contributed by atoms with van der Waals surface area (Å²) in [6, 6.07) is 11.8. The van der Waals surface area contributed by atoms with E-state index in [1.54, 1.807) is 29.2 Å². The summed E-state index contributed by atoms with van der Waals surface area (Å²) in [7, 11) is 1.52. The van der Waals surface area contributed by atoms with Gasteiger partial charge in [0.2, 0.25) is 0 Å². The predicted molar refractivity (Wildman–Crippen MR) is 92.0 cm³/mol. The molecule has 1 aliphatic carbocycles. The Balaban J connectivity index is 1.72. The lowest BCUT2D eigenvalue weighted by Crippen LogP contribution is -2.36. The molecular formula is C19H19F3N2O2. The molecule has 26 heavy (non-hydrogen) atoms. The average molecular weight is 364 g/mol. The van der Waals surface area contributed by atoms with Gasteiger partial charge in [-0.3, -0.25) is 0 Å². The molecule has 0 aromatic heterocycles. The van der Waals surface area contributed by atoms with Crippen LogP contribution in [-0.2, 0) is 12.7 Å². The highest BCUT2D eigenvalue weighted by Crippen LogP contribution is 2.32. The second kappa shape index (κ2) is 7.27. The van der Waals surface area contributed by atoms with Gasteiger partial charge in [-0.1, -0.05) is 24.3 Å². The topological polar surface area (TPSA) is 41.6 Å². The first kappa shape index (κ1) is 18.1. The molecule has 7 heteroatoms. The maximum atomic E-state index is 12.7. The number of anilines is 1. The SMILES string of the molecule is COc1ccccc1NC(=O)N(Cc1ccc(C(F)(F)F)cc1)C1CC1. The molecule has 3 rings (SSSR count). The average Bonchev–Trinajstić information content (AvgIpc) is 3.44. The van der Waals surface area contributed by atoms with Crippen molar-refractivity contribution in [1.29, 1.82) is 0 Å². The van der Waals surface area contributed by atoms with Crippen molar-refractivity contribution in [2.75, 3.05) is 12.4 Å². The van der Waals surface area contributed by atoms with Crippen LogP contribution in [0.1, 0.15) is 24.0 Å². The van der Waals surface area contributed by atoms with E-state index in [1.165, 1.54) is 19.2 Å². The van der Waals surface area contributed by atoms with Crippen LogP contribution in [0.3, 0.4) is 0 Å². The fourth-order valence-corrected chi connectivity index (χ4v) is 2.68. The van der Waals surface area contributed by atoms with Gasteiger partial charge in [-0.25, -0.2) is 4.79 Å². The molecule has 0 radical (unpaired) electrons. The van der Waals surface area contributed by atoms with Crippen molar-refractivity contribution in [2.45, 2.75) is 31.6 Å². The number of carbonyl (C=O) groups excluding carboxylic acids is 1. The lowest BCUT2D eigenvalue weighted by atomic mass is 10.1. The number of methoxy groups -OCH3 is 1. The van der Waals surface area contributed by atoms with E-state index in [4.69, 9.17) is 4.74 Å². The Morgan fingerprint density at radius 2 is 1.81 bits per heavy atom. The Morgan fingerprint density at radius 1 is 1.15 bits per heavy atom. The van der Waals surface area contributed by atoms with Crippen molar-refractivity contribution >= 4 is 11.7 Å². The number of nitrogens with one attached hydrogen (secondary N) is 1. The second-order valence-corrected chi connectivity index (χ2v) is 6.18. The van der Waals surface area contributed by atoms with E-state index in [-0.39, 0.29) is 18.6 Å². The summed E-state index contributed by atoms with van der Waals surface area (Å²) >= 11 is 0. The molecule has 1 saturated carbocycles. The summed E-state index contributed by atoms with van der Waals surface area (Å²) in [5, 5.41) is 2.82. The van der Waals surface area contributed by atoms with Gasteiger partial charge in [0.25, 0.3) is 0 Å². The van der Waals surface area contributed by atoms with Crippen LogP contribution < -0.4 is 10.1 Å². The normalized spacial score (nSPS) is 14.0. The third-order valence-electron chi connectivity index (χ3n) is 4.23. The number of para-hydroxylation sites is 2. The van der Waals surface area contributed by atoms with Crippen molar-refractivity contribution in [3.05, 3.63) is 59.7 Å². The third kappa shape index (κ3) is 4.28. The van der Waals surface area contributed by atoms with E-state index in [2.05, 4.69) is 5.32 Å². The van der Waals surface area contributed by atoms with Gasteiger partial charge < -0.3 is 15.0 Å². The Bertz CT molecular complexity index is 771. The highest BCUT2D eigenvalue weighted by molar-refractivity contribution is 5.91. The quantitative estimate of drug-likeness (QED) is 0.819. The number of urea groups is 1. The molecule has 1 N–H and O–H groups in total. The molecule has 0 heterocycles. The van der Waals surface area contributed by atoms with E-state index in [0.29, 0.717) is 17.0 Å². The molecule has 0 atom stereocenters. The zero-order valence-electron chi connectivity index (χ0n) is 14.2. The summed E-state index contributed by atoms with van der Waals surface area (Å²) < 4.78 is 43.3. The highest BCUT2D eigenvalue weighted by Gasteiger charge is 2.33. The van der Waals surface area contributed by atoms with Crippen molar-refractivity contribution in [1.82, 2.24) is 4.90 Å². The molecule has 0 unspecified atom stereocenters. The van der Waals surface area contributed by atoms with Crippen LogP contribution in [0.2, 0.25) is 0 Å². The molecule has 0 spiro atoms. The lowest BCUT2D eigenvalue weighted by Gasteiger charge is -2.23. The van der Waals surface area contributed by atoms with Crippen molar-refractivity contribution in [2.24, 2.45) is 0 Å². The predicted octanol–water partition coefficient (Wildman–Crippen LogP) is 4.91. The summed E-state index contributed by atoms with van der Waals surface area (Å²) in [5.74, 6) is 0.547. The number of benzene rings is 2. The van der Waals surface area contributed by atoms with E-state index in [0.717, 1.165) is 25.0 Å². The second-order valence-electron chi connectivity index (χ2n) is 6.18. The van der Waals surface area contributed by atoms with Crippen LogP contribution in [-0.4, -0.2) is 24.1 Å². The number of alkyl halides is 3. The summed E-state index contributed by atoms with van der Waals surface area (Å²) in [6.45, 7) is 0.254. The first-order chi connectivity index (χ1) is 12.4. The maximum absolute atomic E-state index is 12.7. The minimum absolute atomic E-state index is 0.104. The molecule has 0 saturated heterocycles. The Morgan fingerprint density at radius 3 is 2.38 bits per heavy atom. The van der Waals surface area contributed by atoms with Gasteiger partial charge in [-0.15, -0.1) is 0 Å². The number of ether oxygens (including phenoxy) is 1. The van der Waals surface area contributed by atoms with Gasteiger partial charge in [0.1, 0.15) is 5.75 Å². The number of amides is 2. The van der Waals surface area contributed by atoms with E-state index >= 15 is 0 Å². The van der Waals surface area contributed by atoms with Gasteiger partial charge in [0, 0.05) is 12.6 Å². The van der Waals surface area contributed by atoms with Crippen LogP contribution in [0.4, 0.5) is 23.7 Å². The van der Waals surface area contributed by atoms with Crippen LogP contribution >= 0.6 is 0 Å². The minimum atomic E-state index is -4.37. The van der Waals surface area contributed by atoms with E-state index < -0.39 is 11.7 Å². The van der Waals surface area contributed by atoms with Gasteiger partial charge in [-0.05, 0) is 42.7 Å². The van der Waals surface area contributed by atoms with Crippen molar-refractivity contribution < 1.29 is 22.7 Å². The van der Waals surface area contributed by atoms with Crippen LogP contribution in [0.25, 0.3) is 0 Å². The molecule has 2 aromatic carbocycles. The Kier molecular flexibility index (Phi) is 5.06. The molecule has 0 bridgehead atoms. The Labute approximate surface area is 149 Å². The summed E-state index contributed by atoms with van der Waals surface area (Å²) in [5.41, 5.74) is 0.510. The molecule has 138 valence electrons. The van der Waals surface area contributed by atoms with Crippen molar-refractivity contribution in [3.63, 3.8) is 0 Å². The number of hydrogen-bond donors (Lipinski definition) is 1. The lowest BCUT2D eigenvalue weighted by molar-refractivity contribution is -0.137. The number of rotatable bonds is 5. The van der Waals surface area contributed by atoms with E-state index in [1.807, 2.05) is 0 Å². The van der Waals surface area contributed by atoms with Gasteiger partial charge in [0.15, 0.2) is 0 Å². The first-order valence-corrected chi connectivity index (χ1v) is 8.25. The monoisotopic (exact) mass is 364 g/mol. The fourth-order valence-electron chi connectivity index (χ4n) is 2.68. The summed E-state index contributed by atoms with van der Waals surface area (Å²) in [4.78, 5) is 14.3. The maximum Gasteiger partial charge on any atom is 0.416 e. The molecule has 2 aromatic rings. The molecule has 2 amide bonds. The molecule has 1 aliphatic rings. The molecular weight excluding hydrogens is 345 g/mol. The van der Waals surface area contributed by atoms with E-state index in [9.17, 15) is 18.0 Å². The smallest absolute Gasteiger partial charge is 0.416 e. The fraction of sp³-hybridized carbons (Fsp3) is 0.316. The Hall–Kier alpha value is -2.70. The zero-order valence-corrected chi connectivity index (χ0v) is 14.2. The standard InChI is InChI=1S/C19H19F3N2O2/c1-26-17-5-3-2-4-16(17)23-18(25)24(15-10-11-15)12-13-6-8-14(9-7-13)19(20,21)22/h2-9,15H,10-12H2,1H3,(H,23,25). The minimum Gasteiger partial charge on any atom is -0.495 e. The van der Waals surface area contributed by atoms with Gasteiger partial charge in [-0.2, -0.15) is 13.2 Å². The number of halogens is 3. The number of carbonyl (C=O) groups is 1. The van der Waals surface area contributed by atoms with Gasteiger partial charge in [0.05, 0.1) is 18.4 Å². The largest absolute Gasteiger partial charge is 0.495 e. The summed E-state index contributed by atoms with van der Waals surface area (Å²) in [6.07, 6.45) is -2.59. The highest BCUT2D eigenvalue weighted by atomic mass is 19.4. The van der Waals surface area contributed by atoms with Crippen molar-refractivity contribution in [3.8, 4) is 5.75 Å². The molecule has 1 fully saturated rings. The zero-order chi connectivity index (χ0) is 18.7. The van der Waals surface area contributed by atoms with Crippen LogP contribution in [0.5, 0.6) is 5.75 Å². The molecule has 0 aliphatic heterocycles. The van der Waals surface area contributed by atoms with Crippen LogP contribution in [0, 0.1) is 0 Å². The molecule has 4 nitrogen and oxygen atoms in total. The third-order valence-corrected chi connectivity index (χ3v) is 4.23. The van der Waals surface area contributed by atoms with Crippen LogP contribution in [0.15, 0.2) is 48.5 Å². The first-order valence-electron chi connectivity index (χ1n) is 8.25.